The highest BCUT2D eigenvalue weighted by Gasteiger charge is 2.16. The van der Waals surface area contributed by atoms with Crippen LogP contribution in [0.25, 0.3) is 0 Å². The zero-order chi connectivity index (χ0) is 11.4. The van der Waals surface area contributed by atoms with Crippen molar-refractivity contribution in [1.82, 2.24) is 10.6 Å². The van der Waals surface area contributed by atoms with Crippen molar-refractivity contribution in [1.29, 1.82) is 0 Å². The normalized spacial score (nSPS) is 15.6. The average Bonchev–Trinajstić information content (AvgIpc) is 2.22. The number of carbonyl (C=O) groups is 1. The van der Waals surface area contributed by atoms with Gasteiger partial charge in [-0.25, -0.2) is 0 Å². The number of hydrogen-bond acceptors (Lipinski definition) is 2. The number of carbonyl (C=O) groups excluding carboxylic acids is 1. The van der Waals surface area contributed by atoms with Gasteiger partial charge >= 0.3 is 0 Å². The highest BCUT2D eigenvalue weighted by atomic mass is 16.1. The van der Waals surface area contributed by atoms with Crippen LogP contribution in [0.3, 0.4) is 0 Å². The van der Waals surface area contributed by atoms with E-state index in [4.69, 9.17) is 0 Å². The molecule has 16 heavy (non-hydrogen) atoms. The smallest absolute Gasteiger partial charge is 0.251 e. The minimum atomic E-state index is 0.0345. The van der Waals surface area contributed by atoms with E-state index < -0.39 is 0 Å². The summed E-state index contributed by atoms with van der Waals surface area (Å²) in [5.74, 6) is 0.783. The lowest BCUT2D eigenvalue weighted by molar-refractivity contribution is 0.0950. The largest absolute Gasteiger partial charge is 0.352 e. The van der Waals surface area contributed by atoms with Crippen LogP contribution in [0.1, 0.15) is 22.3 Å². The zero-order valence-electron chi connectivity index (χ0n) is 9.62. The van der Waals surface area contributed by atoms with Crippen molar-refractivity contribution in [2.45, 2.75) is 13.3 Å². The molecule has 1 saturated heterocycles. The van der Waals surface area contributed by atoms with Crippen molar-refractivity contribution in [2.24, 2.45) is 5.92 Å². The van der Waals surface area contributed by atoms with Crippen LogP contribution in [0.2, 0.25) is 0 Å². The number of hydrogen-bond donors (Lipinski definition) is 2. The molecule has 0 bridgehead atoms. The molecule has 0 aliphatic carbocycles. The van der Waals surface area contributed by atoms with Gasteiger partial charge in [0.2, 0.25) is 0 Å². The lowest BCUT2D eigenvalue weighted by Gasteiger charge is -2.26. The Morgan fingerprint density at radius 3 is 2.62 bits per heavy atom. The van der Waals surface area contributed by atoms with Gasteiger partial charge in [-0.3, -0.25) is 4.79 Å². The van der Waals surface area contributed by atoms with Gasteiger partial charge < -0.3 is 10.6 Å². The number of nitrogens with one attached hydrogen (secondary N) is 2. The molecule has 0 atom stereocenters. The summed E-state index contributed by atoms with van der Waals surface area (Å²) in [7, 11) is 0. The molecule has 3 nitrogen and oxygen atoms in total. The van der Waals surface area contributed by atoms with Crippen LogP contribution in [0.4, 0.5) is 0 Å². The molecule has 1 aromatic carbocycles. The molecular formula is C13H18N2O. The Morgan fingerprint density at radius 2 is 2.06 bits per heavy atom. The molecule has 2 N–H and O–H groups in total. The molecule has 0 aromatic heterocycles. The molecule has 1 heterocycles. The summed E-state index contributed by atoms with van der Waals surface area (Å²) in [6, 6.07) is 7.67. The van der Waals surface area contributed by atoms with E-state index in [0.29, 0.717) is 0 Å². The topological polar surface area (TPSA) is 41.1 Å². The maximum absolute atomic E-state index is 11.7. The first-order valence-corrected chi connectivity index (χ1v) is 5.81. The summed E-state index contributed by atoms with van der Waals surface area (Å²) in [5.41, 5.74) is 1.93. The summed E-state index contributed by atoms with van der Waals surface area (Å²) in [5, 5.41) is 6.18. The molecule has 86 valence electrons. The van der Waals surface area contributed by atoms with E-state index >= 15 is 0 Å². The van der Waals surface area contributed by atoms with E-state index in [9.17, 15) is 4.79 Å². The Labute approximate surface area is 96.2 Å². The number of rotatable bonds is 4. The molecule has 2 rings (SSSR count). The van der Waals surface area contributed by atoms with Crippen molar-refractivity contribution in [3.63, 3.8) is 0 Å². The number of amides is 1. The lowest BCUT2D eigenvalue weighted by Crippen LogP contribution is -2.43. The predicted octanol–water partition coefficient (Wildman–Crippen LogP) is 1.33. The third-order valence-electron chi connectivity index (χ3n) is 3.02. The van der Waals surface area contributed by atoms with Crippen LogP contribution in [-0.2, 0) is 0 Å². The van der Waals surface area contributed by atoms with E-state index in [2.05, 4.69) is 10.6 Å². The molecular weight excluding hydrogens is 200 g/mol. The van der Waals surface area contributed by atoms with Gasteiger partial charge in [-0.15, -0.1) is 0 Å². The fraction of sp³-hybridized carbons (Fsp3) is 0.462. The molecule has 3 heteroatoms. The van der Waals surface area contributed by atoms with E-state index in [1.165, 1.54) is 5.56 Å². The summed E-state index contributed by atoms with van der Waals surface area (Å²) >= 11 is 0. The summed E-state index contributed by atoms with van der Waals surface area (Å²) in [6.45, 7) is 4.99. The Bertz CT molecular complexity index is 355. The highest BCUT2D eigenvalue weighted by Crippen LogP contribution is 2.07. The Kier molecular flexibility index (Phi) is 3.57. The maximum atomic E-state index is 11.7. The molecule has 0 saturated carbocycles. The van der Waals surface area contributed by atoms with E-state index in [-0.39, 0.29) is 5.91 Å². The van der Waals surface area contributed by atoms with Crippen LogP contribution >= 0.6 is 0 Å². The van der Waals surface area contributed by atoms with Gasteiger partial charge in [-0.05, 0) is 44.5 Å². The van der Waals surface area contributed by atoms with Gasteiger partial charge in [0.1, 0.15) is 0 Å². The van der Waals surface area contributed by atoms with Gasteiger partial charge in [-0.2, -0.15) is 0 Å². The van der Waals surface area contributed by atoms with Gasteiger partial charge in [0.25, 0.3) is 5.91 Å². The van der Waals surface area contributed by atoms with Gasteiger partial charge in [-0.1, -0.05) is 17.7 Å². The third-order valence-corrected chi connectivity index (χ3v) is 3.02. The Morgan fingerprint density at radius 1 is 1.38 bits per heavy atom. The second-order valence-corrected chi connectivity index (χ2v) is 4.43. The van der Waals surface area contributed by atoms with Crippen molar-refractivity contribution < 1.29 is 4.79 Å². The first kappa shape index (κ1) is 11.1. The number of benzene rings is 1. The van der Waals surface area contributed by atoms with Crippen LogP contribution in [0.15, 0.2) is 24.3 Å². The molecule has 0 radical (unpaired) electrons. The standard InChI is InChI=1S/C13H18N2O/c1-10-2-4-12(5-3-10)13(16)15-7-6-11-8-14-9-11/h2-5,11,14H,6-9H2,1H3,(H,15,16). The first-order chi connectivity index (χ1) is 7.75. The first-order valence-electron chi connectivity index (χ1n) is 5.81. The lowest BCUT2D eigenvalue weighted by atomic mass is 9.99. The van der Waals surface area contributed by atoms with Crippen LogP contribution in [-0.4, -0.2) is 25.5 Å². The van der Waals surface area contributed by atoms with Crippen LogP contribution in [0.5, 0.6) is 0 Å². The molecule has 1 aromatic rings. The van der Waals surface area contributed by atoms with Crippen molar-refractivity contribution in [3.05, 3.63) is 35.4 Å². The molecule has 0 spiro atoms. The Balaban J connectivity index is 1.76. The van der Waals surface area contributed by atoms with Crippen molar-refractivity contribution in [2.75, 3.05) is 19.6 Å². The van der Waals surface area contributed by atoms with Crippen LogP contribution < -0.4 is 10.6 Å². The summed E-state index contributed by atoms with van der Waals surface area (Å²) in [6.07, 6.45) is 1.07. The van der Waals surface area contributed by atoms with Crippen molar-refractivity contribution in [3.8, 4) is 0 Å². The van der Waals surface area contributed by atoms with E-state index in [1.54, 1.807) is 0 Å². The quantitative estimate of drug-likeness (QED) is 0.800. The summed E-state index contributed by atoms with van der Waals surface area (Å²) in [4.78, 5) is 11.7. The minimum Gasteiger partial charge on any atom is -0.352 e. The minimum absolute atomic E-state index is 0.0345. The fourth-order valence-electron chi connectivity index (χ4n) is 1.75. The zero-order valence-corrected chi connectivity index (χ0v) is 9.62. The maximum Gasteiger partial charge on any atom is 0.251 e. The van der Waals surface area contributed by atoms with Gasteiger partial charge in [0, 0.05) is 12.1 Å². The average molecular weight is 218 g/mol. The SMILES string of the molecule is Cc1ccc(C(=O)NCCC2CNC2)cc1. The summed E-state index contributed by atoms with van der Waals surface area (Å²) < 4.78 is 0. The van der Waals surface area contributed by atoms with Crippen LogP contribution in [0, 0.1) is 12.8 Å². The monoisotopic (exact) mass is 218 g/mol. The fourth-order valence-corrected chi connectivity index (χ4v) is 1.75. The third kappa shape index (κ3) is 2.83. The number of aryl methyl sites for hydroxylation is 1. The molecule has 1 aliphatic rings. The molecule has 1 fully saturated rings. The van der Waals surface area contributed by atoms with Gasteiger partial charge in [0.05, 0.1) is 0 Å². The second kappa shape index (κ2) is 5.12. The Hall–Kier alpha value is -1.35. The van der Waals surface area contributed by atoms with Gasteiger partial charge in [0.15, 0.2) is 0 Å². The van der Waals surface area contributed by atoms with Crippen molar-refractivity contribution >= 4 is 5.91 Å². The molecule has 0 unspecified atom stereocenters. The predicted molar refractivity (Wildman–Crippen MR) is 64.5 cm³/mol. The van der Waals surface area contributed by atoms with E-state index in [1.807, 2.05) is 31.2 Å². The molecule has 1 aliphatic heterocycles. The highest BCUT2D eigenvalue weighted by molar-refractivity contribution is 5.94. The molecule has 1 amide bonds. The van der Waals surface area contributed by atoms with E-state index in [0.717, 1.165) is 37.5 Å². The second-order valence-electron chi connectivity index (χ2n) is 4.43.